The second-order valence-corrected chi connectivity index (χ2v) is 3.44. The summed E-state index contributed by atoms with van der Waals surface area (Å²) in [5, 5.41) is 11.5. The van der Waals surface area contributed by atoms with Gasteiger partial charge in [-0.25, -0.2) is 5.01 Å². The third-order valence-electron chi connectivity index (χ3n) is 1.69. The van der Waals surface area contributed by atoms with Crippen molar-refractivity contribution in [3.05, 3.63) is 34.6 Å². The summed E-state index contributed by atoms with van der Waals surface area (Å²) >= 11 is 11.6. The molecular weight excluding hydrogens is 227 g/mol. The van der Waals surface area contributed by atoms with Gasteiger partial charge in [0.15, 0.2) is 0 Å². The standard InChI is InChI=1S/C8H6Cl2N2O2/c9-5-3-6(8(10)7(13)4-5)12-1-2-14-11-12/h1-4,11,13H. The molecule has 0 aliphatic carbocycles. The van der Waals surface area contributed by atoms with Gasteiger partial charge >= 0.3 is 0 Å². The molecular formula is C8H6Cl2N2O2. The fourth-order valence-electron chi connectivity index (χ4n) is 1.07. The Labute approximate surface area is 90.2 Å². The number of halogens is 2. The van der Waals surface area contributed by atoms with E-state index >= 15 is 0 Å². The molecule has 6 heteroatoms. The Hall–Kier alpha value is -1.10. The van der Waals surface area contributed by atoms with E-state index < -0.39 is 0 Å². The molecule has 4 nitrogen and oxygen atoms in total. The highest BCUT2D eigenvalue weighted by atomic mass is 35.5. The van der Waals surface area contributed by atoms with E-state index in [0.717, 1.165) is 0 Å². The highest BCUT2D eigenvalue weighted by molar-refractivity contribution is 6.36. The molecule has 14 heavy (non-hydrogen) atoms. The van der Waals surface area contributed by atoms with E-state index in [1.807, 2.05) is 0 Å². The van der Waals surface area contributed by atoms with Crippen molar-refractivity contribution in [3.63, 3.8) is 0 Å². The van der Waals surface area contributed by atoms with Gasteiger partial charge < -0.3 is 9.94 Å². The van der Waals surface area contributed by atoms with E-state index in [-0.39, 0.29) is 10.8 Å². The fourth-order valence-corrected chi connectivity index (χ4v) is 1.48. The first-order valence-electron chi connectivity index (χ1n) is 3.73. The summed E-state index contributed by atoms with van der Waals surface area (Å²) in [4.78, 5) is 4.76. The van der Waals surface area contributed by atoms with Crippen molar-refractivity contribution in [1.82, 2.24) is 5.59 Å². The van der Waals surface area contributed by atoms with Crippen LogP contribution >= 0.6 is 23.2 Å². The summed E-state index contributed by atoms with van der Waals surface area (Å²) < 4.78 is 0. The topological polar surface area (TPSA) is 44.7 Å². The van der Waals surface area contributed by atoms with E-state index in [2.05, 4.69) is 5.59 Å². The van der Waals surface area contributed by atoms with Crippen LogP contribution < -0.4 is 10.6 Å². The molecule has 1 aromatic rings. The summed E-state index contributed by atoms with van der Waals surface area (Å²) in [6.45, 7) is 0. The lowest BCUT2D eigenvalue weighted by molar-refractivity contribution is 0.159. The molecule has 2 rings (SSSR count). The SMILES string of the molecule is Oc1cc(Cl)cc(N2C=CON2)c1Cl. The smallest absolute Gasteiger partial charge is 0.137 e. The van der Waals surface area contributed by atoms with E-state index in [4.69, 9.17) is 28.0 Å². The van der Waals surface area contributed by atoms with Crippen molar-refractivity contribution in [3.8, 4) is 5.75 Å². The molecule has 1 aliphatic heterocycles. The number of anilines is 1. The van der Waals surface area contributed by atoms with Gasteiger partial charge in [0.2, 0.25) is 0 Å². The van der Waals surface area contributed by atoms with Gasteiger partial charge in [-0.3, -0.25) is 0 Å². The van der Waals surface area contributed by atoms with Gasteiger partial charge in [-0.1, -0.05) is 28.8 Å². The Morgan fingerprint density at radius 2 is 2.14 bits per heavy atom. The number of hydrazine groups is 1. The summed E-state index contributed by atoms with van der Waals surface area (Å²) in [5.74, 6) is -0.0729. The minimum atomic E-state index is -0.0729. The Balaban J connectivity index is 2.46. The van der Waals surface area contributed by atoms with Crippen LogP contribution in [0.3, 0.4) is 0 Å². The highest BCUT2D eigenvalue weighted by Gasteiger charge is 2.15. The molecule has 0 bridgehead atoms. The Morgan fingerprint density at radius 3 is 2.79 bits per heavy atom. The zero-order valence-corrected chi connectivity index (χ0v) is 8.38. The maximum atomic E-state index is 9.41. The van der Waals surface area contributed by atoms with E-state index in [0.29, 0.717) is 10.7 Å². The first kappa shape index (κ1) is 9.45. The average molecular weight is 233 g/mol. The zero-order chi connectivity index (χ0) is 10.1. The van der Waals surface area contributed by atoms with Crippen LogP contribution in [0.2, 0.25) is 10.0 Å². The number of phenols is 1. The molecule has 0 saturated heterocycles. The van der Waals surface area contributed by atoms with Crippen molar-refractivity contribution in [2.24, 2.45) is 0 Å². The van der Waals surface area contributed by atoms with Gasteiger partial charge in [-0.05, 0) is 6.07 Å². The molecule has 2 N–H and O–H groups in total. The van der Waals surface area contributed by atoms with Crippen molar-refractivity contribution in [2.45, 2.75) is 0 Å². The monoisotopic (exact) mass is 232 g/mol. The first-order chi connectivity index (χ1) is 6.68. The third kappa shape index (κ3) is 1.59. The van der Waals surface area contributed by atoms with Crippen LogP contribution in [0.1, 0.15) is 0 Å². The number of nitrogens with one attached hydrogen (secondary N) is 1. The second-order valence-electron chi connectivity index (χ2n) is 2.62. The molecule has 1 heterocycles. The summed E-state index contributed by atoms with van der Waals surface area (Å²) in [6, 6.07) is 2.98. The zero-order valence-electron chi connectivity index (χ0n) is 6.87. The van der Waals surface area contributed by atoms with Crippen LogP contribution in [0.15, 0.2) is 24.6 Å². The van der Waals surface area contributed by atoms with E-state index in [1.165, 1.54) is 17.3 Å². The lowest BCUT2D eigenvalue weighted by Gasteiger charge is -2.16. The fraction of sp³-hybridized carbons (Fsp3) is 0. The molecule has 1 aliphatic rings. The number of benzene rings is 1. The van der Waals surface area contributed by atoms with Crippen molar-refractivity contribution < 1.29 is 9.94 Å². The van der Waals surface area contributed by atoms with Crippen molar-refractivity contribution >= 4 is 28.9 Å². The minimum Gasteiger partial charge on any atom is -0.506 e. The van der Waals surface area contributed by atoms with Gasteiger partial charge in [-0.2, -0.15) is 0 Å². The van der Waals surface area contributed by atoms with Crippen LogP contribution in [0.4, 0.5) is 5.69 Å². The molecule has 0 spiro atoms. The summed E-state index contributed by atoms with van der Waals surface area (Å²) in [5.41, 5.74) is 3.06. The maximum Gasteiger partial charge on any atom is 0.137 e. The first-order valence-corrected chi connectivity index (χ1v) is 4.49. The predicted molar refractivity (Wildman–Crippen MR) is 54.0 cm³/mol. The van der Waals surface area contributed by atoms with Gasteiger partial charge in [-0.15, -0.1) is 0 Å². The molecule has 0 fully saturated rings. The van der Waals surface area contributed by atoms with E-state index in [1.54, 1.807) is 12.3 Å². The number of nitrogens with zero attached hydrogens (tertiary/aromatic N) is 1. The molecule has 0 atom stereocenters. The molecule has 0 unspecified atom stereocenters. The summed E-state index contributed by atoms with van der Waals surface area (Å²) in [6.07, 6.45) is 3.05. The van der Waals surface area contributed by atoms with Crippen LogP contribution in [-0.4, -0.2) is 5.11 Å². The van der Waals surface area contributed by atoms with Gasteiger partial charge in [0.25, 0.3) is 0 Å². The number of phenolic OH excluding ortho intramolecular Hbond substituents is 1. The molecule has 0 saturated carbocycles. The van der Waals surface area contributed by atoms with Crippen molar-refractivity contribution in [2.75, 3.05) is 5.01 Å². The normalized spacial score (nSPS) is 14.6. The van der Waals surface area contributed by atoms with Crippen LogP contribution in [0.5, 0.6) is 5.75 Å². The number of hydrogen-bond acceptors (Lipinski definition) is 4. The molecule has 0 amide bonds. The van der Waals surface area contributed by atoms with Gasteiger partial charge in [0, 0.05) is 11.1 Å². The minimum absolute atomic E-state index is 0.0729. The predicted octanol–water partition coefficient (Wildman–Crippen LogP) is 2.43. The quantitative estimate of drug-likeness (QED) is 0.781. The van der Waals surface area contributed by atoms with Crippen LogP contribution in [0.25, 0.3) is 0 Å². The average Bonchev–Trinajstić information content (AvgIpc) is 2.63. The Kier molecular flexibility index (Phi) is 2.41. The van der Waals surface area contributed by atoms with Crippen LogP contribution in [0, 0.1) is 0 Å². The lowest BCUT2D eigenvalue weighted by atomic mass is 10.3. The highest BCUT2D eigenvalue weighted by Crippen LogP contribution is 2.36. The van der Waals surface area contributed by atoms with Gasteiger partial charge in [0.1, 0.15) is 17.0 Å². The molecule has 0 aromatic heterocycles. The van der Waals surface area contributed by atoms with Gasteiger partial charge in [0.05, 0.1) is 11.9 Å². The second kappa shape index (κ2) is 3.57. The lowest BCUT2D eigenvalue weighted by Crippen LogP contribution is -2.27. The molecule has 0 radical (unpaired) electrons. The molecule has 74 valence electrons. The number of aromatic hydroxyl groups is 1. The largest absolute Gasteiger partial charge is 0.506 e. The Bertz CT molecular complexity index is 395. The Morgan fingerprint density at radius 1 is 1.36 bits per heavy atom. The number of hydrogen-bond donors (Lipinski definition) is 2. The van der Waals surface area contributed by atoms with E-state index in [9.17, 15) is 5.11 Å². The van der Waals surface area contributed by atoms with Crippen molar-refractivity contribution in [1.29, 1.82) is 0 Å². The molecule has 1 aromatic carbocycles. The number of rotatable bonds is 1. The van der Waals surface area contributed by atoms with Crippen LogP contribution in [-0.2, 0) is 4.84 Å². The maximum absolute atomic E-state index is 9.41. The summed E-state index contributed by atoms with van der Waals surface area (Å²) in [7, 11) is 0. The third-order valence-corrected chi connectivity index (χ3v) is 2.29.